The molecule has 0 unspecified atom stereocenters. The van der Waals surface area contributed by atoms with E-state index in [2.05, 4.69) is 11.6 Å². The molecule has 0 atom stereocenters. The zero-order valence-corrected chi connectivity index (χ0v) is 7.14. The van der Waals surface area contributed by atoms with E-state index < -0.39 is 11.7 Å². The highest BCUT2D eigenvalue weighted by Gasteiger charge is 2.29. The topological polar surface area (TPSA) is 17.1 Å². The highest BCUT2D eigenvalue weighted by Crippen LogP contribution is 2.28. The van der Waals surface area contributed by atoms with E-state index in [-0.39, 0.29) is 5.75 Å². The Kier molecular flexibility index (Phi) is 5.14. The van der Waals surface area contributed by atoms with Crippen molar-refractivity contribution in [3.63, 3.8) is 0 Å². The van der Waals surface area contributed by atoms with Crippen LogP contribution in [-0.4, -0.2) is 5.75 Å². The minimum Gasteiger partial charge on any atom is -0.285 e. The van der Waals surface area contributed by atoms with Crippen molar-refractivity contribution in [3.05, 3.63) is 35.9 Å². The van der Waals surface area contributed by atoms with Crippen LogP contribution in [-0.2, 0) is 11.0 Å². The van der Waals surface area contributed by atoms with Gasteiger partial charge in [0.25, 0.3) is 0 Å². The van der Waals surface area contributed by atoms with Crippen molar-refractivity contribution in [2.45, 2.75) is 6.18 Å². The van der Waals surface area contributed by atoms with Crippen molar-refractivity contribution in [2.75, 3.05) is 0 Å². The molecule has 72 valence electrons. The minimum atomic E-state index is -4.21. The molecule has 13 heavy (non-hydrogen) atoms. The monoisotopic (exact) mass is 210 g/mol. The second-order valence-electron chi connectivity index (χ2n) is 1.95. The van der Waals surface area contributed by atoms with Crippen LogP contribution in [0.25, 0.3) is 0 Å². The molecule has 0 spiro atoms. The summed E-state index contributed by atoms with van der Waals surface area (Å²) in [4.78, 5) is 8.57. The molecule has 0 saturated heterocycles. The molecule has 0 aliphatic carbocycles. The largest absolute Gasteiger partial charge is 0.416 e. The first-order valence-electron chi connectivity index (χ1n) is 3.18. The van der Waals surface area contributed by atoms with Crippen molar-refractivity contribution >= 4 is 17.3 Å². The molecule has 0 amide bonds. The normalized spacial score (nSPS) is 9.85. The minimum absolute atomic E-state index is 0.222. The summed E-state index contributed by atoms with van der Waals surface area (Å²) in [5.74, 6) is 0.222. The van der Waals surface area contributed by atoms with Crippen LogP contribution in [0.4, 0.5) is 13.2 Å². The molecule has 0 N–H and O–H groups in total. The summed E-state index contributed by atoms with van der Waals surface area (Å²) < 4.78 is 35.4. The summed E-state index contributed by atoms with van der Waals surface area (Å²) >= 11 is 4.32. The fourth-order valence-electron chi connectivity index (χ4n) is 0.627. The fraction of sp³-hybridized carbons (Fsp3) is 0.125. The molecule has 0 radical (unpaired) electrons. The Morgan fingerprint density at radius 1 is 1.15 bits per heavy atom. The first kappa shape index (κ1) is 12.0. The summed E-state index contributed by atoms with van der Waals surface area (Å²) in [5.41, 5.74) is -0.602. The first-order valence-corrected chi connectivity index (χ1v) is 3.62. The number of carbonyl (C=O) groups excluding carboxylic acids is 1. The predicted octanol–water partition coefficient (Wildman–Crippen LogP) is 3.12. The van der Waals surface area contributed by atoms with Gasteiger partial charge in [-0.1, -0.05) is 30.3 Å². The molecule has 1 nitrogen and oxygen atoms in total. The molecule has 0 aliphatic rings. The van der Waals surface area contributed by atoms with E-state index in [4.69, 9.17) is 4.79 Å². The maximum Gasteiger partial charge on any atom is 0.416 e. The molecular formula is C8H6ClF3O. The molecule has 0 fully saturated rings. The molecular weight excluding hydrogens is 205 g/mol. The summed E-state index contributed by atoms with van der Waals surface area (Å²) in [7, 11) is 0. The van der Waals surface area contributed by atoms with Crippen LogP contribution in [0.5, 0.6) is 0 Å². The summed E-state index contributed by atoms with van der Waals surface area (Å²) in [5, 5.41) is 0. The van der Waals surface area contributed by atoms with Gasteiger partial charge < -0.3 is 0 Å². The number of alkyl halides is 3. The molecule has 0 aliphatic heterocycles. The van der Waals surface area contributed by atoms with Gasteiger partial charge in [0.15, 0.2) is 0 Å². The Morgan fingerprint density at radius 2 is 1.54 bits per heavy atom. The molecule has 1 aromatic rings. The third-order valence-electron chi connectivity index (χ3n) is 1.10. The van der Waals surface area contributed by atoms with E-state index in [0.29, 0.717) is 0 Å². The van der Waals surface area contributed by atoms with Gasteiger partial charge in [-0.2, -0.15) is 13.2 Å². The highest BCUT2D eigenvalue weighted by atomic mass is 35.5. The van der Waals surface area contributed by atoms with Crippen LogP contribution in [0.2, 0.25) is 0 Å². The molecule has 0 saturated carbocycles. The number of halogens is 4. The Bertz CT molecular complexity index is 245. The van der Waals surface area contributed by atoms with E-state index in [1.54, 1.807) is 6.07 Å². The molecule has 1 aromatic carbocycles. The van der Waals surface area contributed by atoms with Gasteiger partial charge in [0.2, 0.25) is 5.75 Å². The highest BCUT2D eigenvalue weighted by molar-refractivity contribution is 6.54. The van der Waals surface area contributed by atoms with Crippen molar-refractivity contribution < 1.29 is 18.0 Å². The Labute approximate surface area is 78.1 Å². The lowest BCUT2D eigenvalue weighted by Crippen LogP contribution is -2.03. The van der Waals surface area contributed by atoms with Crippen molar-refractivity contribution in [1.29, 1.82) is 0 Å². The second-order valence-corrected chi connectivity index (χ2v) is 2.13. The maximum atomic E-state index is 11.8. The van der Waals surface area contributed by atoms with Crippen LogP contribution in [0.3, 0.4) is 0 Å². The van der Waals surface area contributed by atoms with Gasteiger partial charge in [-0.15, -0.1) is 0 Å². The van der Waals surface area contributed by atoms with Gasteiger partial charge in [0.05, 0.1) is 5.56 Å². The summed E-state index contributed by atoms with van der Waals surface area (Å²) in [6, 6.07) is 6.36. The lowest BCUT2D eigenvalue weighted by Gasteiger charge is -2.03. The van der Waals surface area contributed by atoms with E-state index in [0.717, 1.165) is 12.1 Å². The summed E-state index contributed by atoms with van der Waals surface area (Å²) in [6.45, 7) is 0. The average molecular weight is 211 g/mol. The lowest BCUT2D eigenvalue weighted by molar-refractivity contribution is -0.137. The van der Waals surface area contributed by atoms with Crippen LogP contribution < -0.4 is 0 Å². The molecule has 0 bridgehead atoms. The van der Waals surface area contributed by atoms with Gasteiger partial charge in [0.1, 0.15) is 0 Å². The Morgan fingerprint density at radius 3 is 1.77 bits per heavy atom. The summed E-state index contributed by atoms with van der Waals surface area (Å²) in [6.07, 6.45) is -4.21. The standard InChI is InChI=1S/C7H5F3.CHClO/c8-7(9,10)6-4-2-1-3-5-6;2-1-3/h1-5H;1H. The third kappa shape index (κ3) is 5.25. The average Bonchev–Trinajstić information content (AvgIpc) is 2.06. The molecule has 1 rings (SSSR count). The lowest BCUT2D eigenvalue weighted by atomic mass is 10.2. The van der Waals surface area contributed by atoms with E-state index in [9.17, 15) is 13.2 Å². The van der Waals surface area contributed by atoms with Gasteiger partial charge in [0, 0.05) is 0 Å². The number of rotatable bonds is 0. The third-order valence-corrected chi connectivity index (χ3v) is 1.10. The fourth-order valence-corrected chi connectivity index (χ4v) is 0.627. The van der Waals surface area contributed by atoms with Gasteiger partial charge in [-0.25, -0.2) is 0 Å². The van der Waals surface area contributed by atoms with Crippen molar-refractivity contribution in [2.24, 2.45) is 0 Å². The van der Waals surface area contributed by atoms with E-state index in [1.165, 1.54) is 12.1 Å². The van der Waals surface area contributed by atoms with E-state index in [1.807, 2.05) is 0 Å². The van der Waals surface area contributed by atoms with Crippen LogP contribution in [0, 0.1) is 0 Å². The van der Waals surface area contributed by atoms with Crippen molar-refractivity contribution in [3.8, 4) is 0 Å². The molecule has 0 aromatic heterocycles. The number of hydrogen-bond donors (Lipinski definition) is 0. The van der Waals surface area contributed by atoms with Gasteiger partial charge >= 0.3 is 6.18 Å². The van der Waals surface area contributed by atoms with E-state index >= 15 is 0 Å². The second kappa shape index (κ2) is 5.59. The number of carbonyl (C=O) groups is 1. The molecule has 5 heteroatoms. The SMILES string of the molecule is FC(F)(F)c1ccccc1.O=CCl. The number of benzene rings is 1. The smallest absolute Gasteiger partial charge is 0.285 e. The van der Waals surface area contributed by atoms with Crippen LogP contribution >= 0.6 is 11.6 Å². The van der Waals surface area contributed by atoms with Crippen molar-refractivity contribution in [1.82, 2.24) is 0 Å². The van der Waals surface area contributed by atoms with Crippen LogP contribution in [0.15, 0.2) is 30.3 Å². The maximum absolute atomic E-state index is 11.8. The quantitative estimate of drug-likeness (QED) is 0.475. The first-order chi connectivity index (χ1) is 6.02. The zero-order valence-electron chi connectivity index (χ0n) is 6.38. The van der Waals surface area contributed by atoms with Gasteiger partial charge in [-0.3, -0.25) is 4.79 Å². The zero-order chi connectivity index (χ0) is 10.3. The predicted molar refractivity (Wildman–Crippen MR) is 44.0 cm³/mol. The Hall–Kier alpha value is -1.03. The van der Waals surface area contributed by atoms with Gasteiger partial charge in [-0.05, 0) is 11.6 Å². The number of hydrogen-bond acceptors (Lipinski definition) is 1. The van der Waals surface area contributed by atoms with Crippen LogP contribution in [0.1, 0.15) is 5.56 Å². The Balaban J connectivity index is 0.000000424. The molecule has 0 heterocycles.